The Labute approximate surface area is 176 Å². The molecule has 27 heavy (non-hydrogen) atoms. The van der Waals surface area contributed by atoms with Crippen molar-refractivity contribution in [3.8, 4) is 0 Å². The maximum absolute atomic E-state index is 12.7. The molecule has 3 rings (SSSR count). The van der Waals surface area contributed by atoms with Gasteiger partial charge in [0.15, 0.2) is 0 Å². The topological polar surface area (TPSA) is 49.4 Å². The van der Waals surface area contributed by atoms with Crippen molar-refractivity contribution in [3.05, 3.63) is 64.1 Å². The first-order chi connectivity index (χ1) is 12.9. The largest absolute Gasteiger partial charge is 0.326 e. The summed E-state index contributed by atoms with van der Waals surface area (Å²) in [5.74, 6) is -0.273. The van der Waals surface area contributed by atoms with E-state index in [0.29, 0.717) is 16.6 Å². The van der Waals surface area contributed by atoms with E-state index in [-0.39, 0.29) is 18.2 Å². The Balaban J connectivity index is 1.56. The number of thiocarbonyl (C=S) groups is 1. The van der Waals surface area contributed by atoms with Crippen LogP contribution < -0.4 is 5.32 Å². The first-order valence-corrected chi connectivity index (χ1v) is 10.6. The van der Waals surface area contributed by atoms with Gasteiger partial charge in [-0.15, -0.1) is 0 Å². The number of anilines is 1. The van der Waals surface area contributed by atoms with Crippen LogP contribution in [-0.4, -0.2) is 32.8 Å². The molecule has 1 aliphatic heterocycles. The summed E-state index contributed by atoms with van der Waals surface area (Å²) >= 11 is 10.1. The van der Waals surface area contributed by atoms with E-state index in [1.807, 2.05) is 55.5 Å². The van der Waals surface area contributed by atoms with Crippen molar-refractivity contribution in [3.63, 3.8) is 0 Å². The maximum Gasteiger partial charge on any atom is 0.242 e. The average Bonchev–Trinajstić information content (AvgIpc) is 2.90. The number of benzene rings is 2. The standard InChI is InChI=1S/C20H19BrN2O2S2/c1-13-7-8-15(11-16(13)21)22-18(24)12-17-19(25)23(20(26)27-17)10-9-14-5-3-2-4-6-14/h2-8,11,17H,9-10,12H2,1H3,(H,22,24). The van der Waals surface area contributed by atoms with Crippen LogP contribution in [-0.2, 0) is 16.0 Å². The van der Waals surface area contributed by atoms with Gasteiger partial charge in [0.05, 0.1) is 5.25 Å². The minimum absolute atomic E-state index is 0.0823. The molecule has 1 saturated heterocycles. The number of amides is 2. The molecule has 1 heterocycles. The molecule has 1 unspecified atom stereocenters. The zero-order chi connectivity index (χ0) is 19.4. The van der Waals surface area contributed by atoms with Gasteiger partial charge in [-0.2, -0.15) is 0 Å². The lowest BCUT2D eigenvalue weighted by molar-refractivity contribution is -0.128. The molecule has 0 aliphatic carbocycles. The summed E-state index contributed by atoms with van der Waals surface area (Å²) in [6.45, 7) is 2.52. The molecule has 1 atom stereocenters. The van der Waals surface area contributed by atoms with Gasteiger partial charge < -0.3 is 5.32 Å². The van der Waals surface area contributed by atoms with Gasteiger partial charge in [0, 0.05) is 23.1 Å². The highest BCUT2D eigenvalue weighted by molar-refractivity contribution is 9.10. The highest BCUT2D eigenvalue weighted by Crippen LogP contribution is 2.30. The van der Waals surface area contributed by atoms with Gasteiger partial charge in [0.2, 0.25) is 11.8 Å². The molecule has 1 N–H and O–H groups in total. The molecule has 140 valence electrons. The van der Waals surface area contributed by atoms with E-state index >= 15 is 0 Å². The Bertz CT molecular complexity index is 874. The second kappa shape index (κ2) is 8.99. The Morgan fingerprint density at radius 3 is 2.70 bits per heavy atom. The van der Waals surface area contributed by atoms with Gasteiger partial charge in [-0.3, -0.25) is 14.5 Å². The average molecular weight is 463 g/mol. The third-order valence-electron chi connectivity index (χ3n) is 4.30. The number of rotatable bonds is 6. The van der Waals surface area contributed by atoms with Crippen LogP contribution in [0, 0.1) is 6.92 Å². The van der Waals surface area contributed by atoms with Gasteiger partial charge in [0.1, 0.15) is 4.32 Å². The molecule has 0 saturated carbocycles. The summed E-state index contributed by atoms with van der Waals surface area (Å²) in [6.07, 6.45) is 0.848. The molecular formula is C20H19BrN2O2S2. The number of hydrogen-bond acceptors (Lipinski definition) is 4. The lowest BCUT2D eigenvalue weighted by Gasteiger charge is -2.15. The van der Waals surface area contributed by atoms with Crippen LogP contribution in [0.1, 0.15) is 17.5 Å². The van der Waals surface area contributed by atoms with Crippen molar-refractivity contribution in [1.29, 1.82) is 0 Å². The first-order valence-electron chi connectivity index (χ1n) is 8.56. The molecule has 0 radical (unpaired) electrons. The highest BCUT2D eigenvalue weighted by Gasteiger charge is 2.37. The summed E-state index contributed by atoms with van der Waals surface area (Å²) in [5, 5.41) is 2.39. The smallest absolute Gasteiger partial charge is 0.242 e. The zero-order valence-corrected chi connectivity index (χ0v) is 18.0. The van der Waals surface area contributed by atoms with Crippen LogP contribution in [0.5, 0.6) is 0 Å². The Kier molecular flexibility index (Phi) is 6.68. The van der Waals surface area contributed by atoms with Crippen molar-refractivity contribution in [2.24, 2.45) is 0 Å². The minimum atomic E-state index is -0.456. The highest BCUT2D eigenvalue weighted by atomic mass is 79.9. The normalized spacial score (nSPS) is 16.7. The summed E-state index contributed by atoms with van der Waals surface area (Å²) in [4.78, 5) is 26.6. The number of aryl methyl sites for hydroxylation is 1. The Morgan fingerprint density at radius 2 is 2.00 bits per heavy atom. The van der Waals surface area contributed by atoms with Crippen LogP contribution in [0.25, 0.3) is 0 Å². The summed E-state index contributed by atoms with van der Waals surface area (Å²) in [7, 11) is 0. The first kappa shape index (κ1) is 20.0. The van der Waals surface area contributed by atoms with Crippen molar-refractivity contribution < 1.29 is 9.59 Å². The number of carbonyl (C=O) groups is 2. The van der Waals surface area contributed by atoms with Gasteiger partial charge in [-0.25, -0.2) is 0 Å². The number of nitrogens with zero attached hydrogens (tertiary/aromatic N) is 1. The molecule has 0 aromatic heterocycles. The maximum atomic E-state index is 12.7. The van der Waals surface area contributed by atoms with Crippen LogP contribution in [0.4, 0.5) is 5.69 Å². The van der Waals surface area contributed by atoms with E-state index in [1.165, 1.54) is 11.8 Å². The molecule has 2 amide bonds. The monoisotopic (exact) mass is 462 g/mol. The lowest BCUT2D eigenvalue weighted by Crippen LogP contribution is -2.34. The predicted molar refractivity (Wildman–Crippen MR) is 118 cm³/mol. The van der Waals surface area contributed by atoms with Gasteiger partial charge in [-0.05, 0) is 36.6 Å². The number of carbonyl (C=O) groups excluding carboxylic acids is 2. The van der Waals surface area contributed by atoms with Crippen LogP contribution >= 0.6 is 39.9 Å². The van der Waals surface area contributed by atoms with Crippen molar-refractivity contribution in [2.45, 2.75) is 25.0 Å². The summed E-state index contributed by atoms with van der Waals surface area (Å²) < 4.78 is 1.48. The third kappa shape index (κ3) is 5.18. The quantitative estimate of drug-likeness (QED) is 0.639. The minimum Gasteiger partial charge on any atom is -0.326 e. The fourth-order valence-electron chi connectivity index (χ4n) is 2.77. The number of nitrogens with one attached hydrogen (secondary N) is 1. The van der Waals surface area contributed by atoms with Crippen LogP contribution in [0.3, 0.4) is 0 Å². The van der Waals surface area contributed by atoms with Gasteiger partial charge in [-0.1, -0.05) is 76.3 Å². The van der Waals surface area contributed by atoms with E-state index in [1.54, 1.807) is 4.90 Å². The van der Waals surface area contributed by atoms with Gasteiger partial charge >= 0.3 is 0 Å². The fourth-order valence-corrected chi connectivity index (χ4v) is 4.69. The van der Waals surface area contributed by atoms with E-state index < -0.39 is 5.25 Å². The van der Waals surface area contributed by atoms with Crippen molar-refractivity contribution in [2.75, 3.05) is 11.9 Å². The number of hydrogen-bond donors (Lipinski definition) is 1. The fraction of sp³-hybridized carbons (Fsp3) is 0.250. The van der Waals surface area contributed by atoms with Crippen molar-refractivity contribution in [1.82, 2.24) is 4.90 Å². The second-order valence-corrected chi connectivity index (χ2v) is 9.01. The van der Waals surface area contributed by atoms with Crippen molar-refractivity contribution >= 4 is 61.7 Å². The molecule has 2 aromatic carbocycles. The SMILES string of the molecule is Cc1ccc(NC(=O)CC2SC(=S)N(CCc3ccccc3)C2=O)cc1Br. The molecule has 4 nitrogen and oxygen atoms in total. The van der Waals surface area contributed by atoms with E-state index in [0.717, 1.165) is 22.0 Å². The Hall–Kier alpha value is -1.70. The molecule has 1 fully saturated rings. The lowest BCUT2D eigenvalue weighted by atomic mass is 10.1. The predicted octanol–water partition coefficient (Wildman–Crippen LogP) is 4.56. The molecular weight excluding hydrogens is 444 g/mol. The summed E-state index contributed by atoms with van der Waals surface area (Å²) in [6, 6.07) is 15.6. The summed E-state index contributed by atoms with van der Waals surface area (Å²) in [5.41, 5.74) is 2.95. The zero-order valence-electron chi connectivity index (χ0n) is 14.8. The molecule has 7 heteroatoms. The second-order valence-electron chi connectivity index (χ2n) is 6.31. The molecule has 2 aromatic rings. The van der Waals surface area contributed by atoms with Crippen LogP contribution in [0.15, 0.2) is 53.0 Å². The van der Waals surface area contributed by atoms with Gasteiger partial charge in [0.25, 0.3) is 0 Å². The molecule has 1 aliphatic rings. The van der Waals surface area contributed by atoms with E-state index in [9.17, 15) is 9.59 Å². The molecule has 0 spiro atoms. The van der Waals surface area contributed by atoms with E-state index in [2.05, 4.69) is 21.2 Å². The molecule has 0 bridgehead atoms. The number of halogens is 1. The van der Waals surface area contributed by atoms with E-state index in [4.69, 9.17) is 12.2 Å². The van der Waals surface area contributed by atoms with Crippen LogP contribution in [0.2, 0.25) is 0 Å². The Morgan fingerprint density at radius 1 is 1.26 bits per heavy atom. The third-order valence-corrected chi connectivity index (χ3v) is 6.74. The number of thioether (sulfide) groups is 1.